The molecule has 1 aromatic rings. The third-order valence-electron chi connectivity index (χ3n) is 4.57. The van der Waals surface area contributed by atoms with E-state index < -0.39 is 11.5 Å². The number of benzene rings is 1. The predicted molar refractivity (Wildman–Crippen MR) is 86.0 cm³/mol. The van der Waals surface area contributed by atoms with Crippen molar-refractivity contribution in [3.05, 3.63) is 34.3 Å². The van der Waals surface area contributed by atoms with Gasteiger partial charge in [0, 0.05) is 5.02 Å². The van der Waals surface area contributed by atoms with Crippen LogP contribution in [0.4, 0.5) is 0 Å². The van der Waals surface area contributed by atoms with E-state index in [4.69, 9.17) is 11.6 Å². The molecule has 120 valence electrons. The molecule has 0 heterocycles. The molecular weight excluding hydrogens is 302 g/mol. The van der Waals surface area contributed by atoms with Crippen molar-refractivity contribution in [3.63, 3.8) is 0 Å². The molecule has 0 aromatic heterocycles. The zero-order valence-electron chi connectivity index (χ0n) is 13.0. The molecular formula is C17H22ClNO3. The van der Waals surface area contributed by atoms with Gasteiger partial charge in [-0.15, -0.1) is 0 Å². The predicted octanol–water partition coefficient (Wildman–Crippen LogP) is 3.34. The van der Waals surface area contributed by atoms with Gasteiger partial charge < -0.3 is 10.4 Å². The third kappa shape index (κ3) is 3.80. The maximum absolute atomic E-state index is 12.3. The number of nitrogens with one attached hydrogen (secondary N) is 1. The highest BCUT2D eigenvalue weighted by atomic mass is 35.5. The maximum Gasteiger partial charge on any atom is 0.329 e. The molecule has 0 saturated heterocycles. The Morgan fingerprint density at radius 1 is 1.36 bits per heavy atom. The van der Waals surface area contributed by atoms with Gasteiger partial charge in [0.25, 0.3) is 0 Å². The fourth-order valence-electron chi connectivity index (χ4n) is 2.99. The van der Waals surface area contributed by atoms with Crippen molar-refractivity contribution in [2.24, 2.45) is 5.92 Å². The summed E-state index contributed by atoms with van der Waals surface area (Å²) in [5, 5.41) is 12.9. The molecule has 1 aliphatic carbocycles. The van der Waals surface area contributed by atoms with E-state index in [2.05, 4.69) is 12.2 Å². The van der Waals surface area contributed by atoms with Crippen LogP contribution in [-0.4, -0.2) is 22.5 Å². The highest BCUT2D eigenvalue weighted by Gasteiger charge is 2.42. The van der Waals surface area contributed by atoms with Crippen LogP contribution in [0.5, 0.6) is 0 Å². The quantitative estimate of drug-likeness (QED) is 0.893. The lowest BCUT2D eigenvalue weighted by atomic mass is 9.77. The Kier molecular flexibility index (Phi) is 5.12. The number of carboxylic acids is 1. The number of carboxylic acid groups (broad SMARTS) is 1. The van der Waals surface area contributed by atoms with Gasteiger partial charge in [-0.1, -0.05) is 24.6 Å². The second-order valence-corrected chi connectivity index (χ2v) is 6.80. The van der Waals surface area contributed by atoms with Gasteiger partial charge >= 0.3 is 5.97 Å². The molecule has 0 aliphatic heterocycles. The number of carbonyl (C=O) groups is 2. The van der Waals surface area contributed by atoms with E-state index in [9.17, 15) is 14.7 Å². The second kappa shape index (κ2) is 6.69. The van der Waals surface area contributed by atoms with E-state index in [-0.39, 0.29) is 12.3 Å². The summed E-state index contributed by atoms with van der Waals surface area (Å²) in [4.78, 5) is 24.0. The van der Waals surface area contributed by atoms with E-state index in [1.165, 1.54) is 0 Å². The molecule has 0 radical (unpaired) electrons. The number of carbonyl (C=O) groups excluding carboxylic acids is 1. The number of aryl methyl sites for hydroxylation is 1. The number of amides is 1. The largest absolute Gasteiger partial charge is 0.480 e. The minimum Gasteiger partial charge on any atom is -0.480 e. The smallest absolute Gasteiger partial charge is 0.329 e. The average molecular weight is 324 g/mol. The van der Waals surface area contributed by atoms with Gasteiger partial charge in [-0.05, 0) is 61.8 Å². The first-order valence-electron chi connectivity index (χ1n) is 7.62. The van der Waals surface area contributed by atoms with E-state index >= 15 is 0 Å². The number of halogens is 1. The second-order valence-electron chi connectivity index (χ2n) is 6.37. The molecule has 0 bridgehead atoms. The standard InChI is InChI=1S/C17H22ClNO3/c1-11-5-7-17(8-6-11,16(21)22)19-15(20)10-13-3-4-14(18)9-12(13)2/h3-4,9,11H,5-8,10H2,1-2H3,(H,19,20)(H,21,22). The molecule has 1 aliphatic rings. The van der Waals surface area contributed by atoms with Gasteiger partial charge in [-0.25, -0.2) is 4.79 Å². The molecule has 0 unspecified atom stereocenters. The number of aliphatic carboxylic acids is 1. The molecule has 1 saturated carbocycles. The molecule has 1 amide bonds. The molecule has 0 spiro atoms. The summed E-state index contributed by atoms with van der Waals surface area (Å²) in [6.07, 6.45) is 2.82. The Hall–Kier alpha value is -1.55. The van der Waals surface area contributed by atoms with E-state index in [0.717, 1.165) is 24.0 Å². The van der Waals surface area contributed by atoms with Crippen LogP contribution in [0.1, 0.15) is 43.7 Å². The summed E-state index contributed by atoms with van der Waals surface area (Å²) >= 11 is 5.91. The van der Waals surface area contributed by atoms with Crippen molar-refractivity contribution < 1.29 is 14.7 Å². The zero-order valence-corrected chi connectivity index (χ0v) is 13.7. The van der Waals surface area contributed by atoms with Crippen molar-refractivity contribution in [1.29, 1.82) is 0 Å². The van der Waals surface area contributed by atoms with Gasteiger partial charge in [-0.3, -0.25) is 4.79 Å². The Labute approximate surface area is 135 Å². The van der Waals surface area contributed by atoms with Crippen LogP contribution >= 0.6 is 11.6 Å². The maximum atomic E-state index is 12.3. The monoisotopic (exact) mass is 323 g/mol. The molecule has 1 fully saturated rings. The first-order valence-corrected chi connectivity index (χ1v) is 7.99. The third-order valence-corrected chi connectivity index (χ3v) is 4.81. The molecule has 0 atom stereocenters. The Balaban J connectivity index is 2.07. The van der Waals surface area contributed by atoms with E-state index in [1.54, 1.807) is 12.1 Å². The number of hydrogen-bond acceptors (Lipinski definition) is 2. The first kappa shape index (κ1) is 16.8. The lowest BCUT2D eigenvalue weighted by Gasteiger charge is -2.36. The average Bonchev–Trinajstić information content (AvgIpc) is 2.44. The Bertz CT molecular complexity index is 577. The minimum atomic E-state index is -1.11. The lowest BCUT2D eigenvalue weighted by Crippen LogP contribution is -2.56. The summed E-state index contributed by atoms with van der Waals surface area (Å²) in [7, 11) is 0. The van der Waals surface area contributed by atoms with Crippen LogP contribution in [0.25, 0.3) is 0 Å². The molecule has 2 rings (SSSR count). The summed E-state index contributed by atoms with van der Waals surface area (Å²) < 4.78 is 0. The molecule has 5 heteroatoms. The van der Waals surface area contributed by atoms with Crippen LogP contribution in [0.2, 0.25) is 5.02 Å². The number of hydrogen-bond donors (Lipinski definition) is 2. The van der Waals surface area contributed by atoms with Crippen molar-refractivity contribution in [3.8, 4) is 0 Å². The van der Waals surface area contributed by atoms with Crippen molar-refractivity contribution in [2.45, 2.75) is 51.5 Å². The fourth-order valence-corrected chi connectivity index (χ4v) is 3.22. The highest BCUT2D eigenvalue weighted by Crippen LogP contribution is 2.32. The van der Waals surface area contributed by atoms with Gasteiger partial charge in [0.15, 0.2) is 0 Å². The van der Waals surface area contributed by atoms with Crippen molar-refractivity contribution in [2.75, 3.05) is 0 Å². The molecule has 2 N–H and O–H groups in total. The topological polar surface area (TPSA) is 66.4 Å². The van der Waals surface area contributed by atoms with E-state index in [0.29, 0.717) is 23.8 Å². The Morgan fingerprint density at radius 2 is 2.00 bits per heavy atom. The molecule has 1 aromatic carbocycles. The molecule has 4 nitrogen and oxygen atoms in total. The molecule has 22 heavy (non-hydrogen) atoms. The zero-order chi connectivity index (χ0) is 16.3. The van der Waals surface area contributed by atoms with Gasteiger partial charge in [0.05, 0.1) is 6.42 Å². The summed E-state index contributed by atoms with van der Waals surface area (Å²) in [6, 6.07) is 5.36. The number of rotatable bonds is 4. The van der Waals surface area contributed by atoms with Crippen LogP contribution in [0.15, 0.2) is 18.2 Å². The SMILES string of the molecule is Cc1cc(Cl)ccc1CC(=O)NC1(C(=O)O)CCC(C)CC1. The van der Waals surface area contributed by atoms with Gasteiger partial charge in [-0.2, -0.15) is 0 Å². The van der Waals surface area contributed by atoms with Crippen LogP contribution in [0.3, 0.4) is 0 Å². The summed E-state index contributed by atoms with van der Waals surface area (Å²) in [6.45, 7) is 4.01. The van der Waals surface area contributed by atoms with Gasteiger partial charge in [0.1, 0.15) is 5.54 Å². The fraction of sp³-hybridized carbons (Fsp3) is 0.529. The normalized spacial score (nSPS) is 24.8. The first-order chi connectivity index (χ1) is 10.3. The lowest BCUT2D eigenvalue weighted by molar-refractivity contribution is -0.149. The summed E-state index contributed by atoms with van der Waals surface area (Å²) in [5.41, 5.74) is 0.695. The van der Waals surface area contributed by atoms with Crippen LogP contribution in [0, 0.1) is 12.8 Å². The van der Waals surface area contributed by atoms with E-state index in [1.807, 2.05) is 13.0 Å². The Morgan fingerprint density at radius 3 is 2.55 bits per heavy atom. The highest BCUT2D eigenvalue weighted by molar-refractivity contribution is 6.30. The van der Waals surface area contributed by atoms with Gasteiger partial charge in [0.2, 0.25) is 5.91 Å². The van der Waals surface area contributed by atoms with Crippen LogP contribution < -0.4 is 5.32 Å². The van der Waals surface area contributed by atoms with Crippen molar-refractivity contribution in [1.82, 2.24) is 5.32 Å². The summed E-state index contributed by atoms with van der Waals surface area (Å²) in [5.74, 6) is -0.661. The van der Waals surface area contributed by atoms with Crippen molar-refractivity contribution >= 4 is 23.5 Å². The van der Waals surface area contributed by atoms with Crippen LogP contribution in [-0.2, 0) is 16.0 Å². The minimum absolute atomic E-state index is 0.174.